The normalized spacial score (nSPS) is 15.6. The van der Waals surface area contributed by atoms with Crippen LogP contribution in [0.5, 0.6) is 0 Å². The van der Waals surface area contributed by atoms with Crippen molar-refractivity contribution in [3.8, 4) is 22.4 Å². The summed E-state index contributed by atoms with van der Waals surface area (Å²) in [5.41, 5.74) is 5.55. The van der Waals surface area contributed by atoms with Crippen LogP contribution >= 0.6 is 0 Å². The van der Waals surface area contributed by atoms with Crippen molar-refractivity contribution in [3.63, 3.8) is 0 Å². The number of pyridine rings is 2. The van der Waals surface area contributed by atoms with Crippen LogP contribution in [0.25, 0.3) is 33.3 Å². The molecule has 4 heterocycles. The fourth-order valence-electron chi connectivity index (χ4n) is 4.57. The minimum Gasteiger partial charge on any atom is -0.357 e. The number of anilines is 1. The molecule has 1 unspecified atom stereocenters. The molecule has 1 fully saturated rings. The summed E-state index contributed by atoms with van der Waals surface area (Å²) in [5.74, 6) is -0.218. The molecular weight excluding hydrogens is 450 g/mol. The topological polar surface area (TPSA) is 81.9 Å². The molecule has 6 rings (SSSR count). The number of fused-ring (bicyclic) bond motifs is 1. The van der Waals surface area contributed by atoms with Gasteiger partial charge in [-0.1, -0.05) is 36.4 Å². The highest BCUT2D eigenvalue weighted by Gasteiger charge is 2.19. The van der Waals surface area contributed by atoms with E-state index in [1.165, 1.54) is 0 Å². The third kappa shape index (κ3) is 4.48. The van der Waals surface area contributed by atoms with Crippen LogP contribution in [0.1, 0.15) is 35.8 Å². The van der Waals surface area contributed by atoms with E-state index in [0.717, 1.165) is 53.5 Å². The average Bonchev–Trinajstić information content (AvgIpc) is 3.44. The lowest BCUT2D eigenvalue weighted by Gasteiger charge is -2.22. The Bertz CT molecular complexity index is 1510. The van der Waals surface area contributed by atoms with Crippen molar-refractivity contribution < 1.29 is 9.53 Å². The quantitative estimate of drug-likeness (QED) is 0.332. The summed E-state index contributed by atoms with van der Waals surface area (Å²) < 4.78 is 7.73. The molecule has 0 aliphatic carbocycles. The van der Waals surface area contributed by atoms with E-state index in [4.69, 9.17) is 9.72 Å². The van der Waals surface area contributed by atoms with Gasteiger partial charge in [0.15, 0.2) is 0 Å². The number of hydrogen-bond acceptors (Lipinski definition) is 5. The first-order valence-corrected chi connectivity index (χ1v) is 12.1. The van der Waals surface area contributed by atoms with Crippen LogP contribution in [-0.2, 0) is 4.74 Å². The maximum Gasteiger partial charge on any atom is 0.256 e. The van der Waals surface area contributed by atoms with Gasteiger partial charge in [-0.2, -0.15) is 5.10 Å². The molecule has 1 N–H and O–H groups in total. The largest absolute Gasteiger partial charge is 0.357 e. The van der Waals surface area contributed by atoms with Gasteiger partial charge in [0.2, 0.25) is 0 Å². The van der Waals surface area contributed by atoms with Crippen LogP contribution in [0.4, 0.5) is 5.69 Å². The number of benzene rings is 2. The number of rotatable bonds is 5. The summed E-state index contributed by atoms with van der Waals surface area (Å²) in [6.07, 6.45) is 10.1. The predicted octanol–water partition coefficient (Wildman–Crippen LogP) is 6.11. The number of nitrogens with one attached hydrogen (secondary N) is 1. The Kier molecular flexibility index (Phi) is 5.97. The Morgan fingerprint density at radius 3 is 2.67 bits per heavy atom. The molecule has 7 heteroatoms. The number of carbonyl (C=O) groups excluding carboxylic acids is 1. The van der Waals surface area contributed by atoms with Gasteiger partial charge in [-0.25, -0.2) is 9.67 Å². The van der Waals surface area contributed by atoms with Gasteiger partial charge in [0, 0.05) is 30.0 Å². The molecule has 1 saturated heterocycles. The smallest absolute Gasteiger partial charge is 0.256 e. The Balaban J connectivity index is 1.44. The summed E-state index contributed by atoms with van der Waals surface area (Å²) in [7, 11) is 0. The minimum atomic E-state index is -0.218. The lowest BCUT2D eigenvalue weighted by Crippen LogP contribution is -2.18. The maximum atomic E-state index is 13.5. The van der Waals surface area contributed by atoms with Gasteiger partial charge in [0.1, 0.15) is 6.23 Å². The molecule has 7 nitrogen and oxygen atoms in total. The van der Waals surface area contributed by atoms with Crippen LogP contribution in [0.15, 0.2) is 91.5 Å². The number of hydrogen-bond donors (Lipinski definition) is 1. The fourth-order valence-corrected chi connectivity index (χ4v) is 4.57. The first-order chi connectivity index (χ1) is 17.7. The van der Waals surface area contributed by atoms with E-state index in [1.54, 1.807) is 24.7 Å². The van der Waals surface area contributed by atoms with Crippen LogP contribution in [0.3, 0.4) is 0 Å². The second-order valence-electron chi connectivity index (χ2n) is 8.88. The Morgan fingerprint density at radius 1 is 0.944 bits per heavy atom. The van der Waals surface area contributed by atoms with Gasteiger partial charge in [-0.3, -0.25) is 9.78 Å². The third-order valence-electron chi connectivity index (χ3n) is 6.43. The van der Waals surface area contributed by atoms with E-state index in [2.05, 4.69) is 27.5 Å². The second kappa shape index (κ2) is 9.71. The monoisotopic (exact) mass is 475 g/mol. The van der Waals surface area contributed by atoms with Crippen molar-refractivity contribution in [2.45, 2.75) is 25.5 Å². The van der Waals surface area contributed by atoms with Crippen LogP contribution < -0.4 is 5.32 Å². The van der Waals surface area contributed by atoms with Gasteiger partial charge in [-0.05, 0) is 60.7 Å². The van der Waals surface area contributed by atoms with Gasteiger partial charge >= 0.3 is 0 Å². The Morgan fingerprint density at radius 2 is 1.86 bits per heavy atom. The lowest BCUT2D eigenvalue weighted by molar-refractivity contribution is -0.0394. The molecule has 1 amide bonds. The van der Waals surface area contributed by atoms with Crippen molar-refractivity contribution >= 4 is 22.5 Å². The summed E-state index contributed by atoms with van der Waals surface area (Å²) in [4.78, 5) is 22.5. The predicted molar refractivity (Wildman–Crippen MR) is 139 cm³/mol. The third-order valence-corrected chi connectivity index (χ3v) is 6.43. The van der Waals surface area contributed by atoms with Crippen molar-refractivity contribution in [1.29, 1.82) is 0 Å². The summed E-state index contributed by atoms with van der Waals surface area (Å²) in [6.45, 7) is 0.747. The summed E-state index contributed by atoms with van der Waals surface area (Å²) in [6, 6.07) is 21.6. The molecule has 2 aromatic carbocycles. The number of ether oxygens (including phenoxy) is 1. The highest BCUT2D eigenvalue weighted by atomic mass is 16.5. The standard InChI is InChI=1S/C29H25N5O2/c35-29(32-23-9-6-13-30-18-23)25-16-27(22-17-31-34(19-22)28-10-4-5-14-36-28)33-26-12-11-21(15-24(25)26)20-7-2-1-3-8-20/h1-3,6-9,11-13,15-19,28H,4-5,10,14H2,(H,32,35). The summed E-state index contributed by atoms with van der Waals surface area (Å²) in [5, 5.41) is 8.29. The highest BCUT2D eigenvalue weighted by Crippen LogP contribution is 2.31. The van der Waals surface area contributed by atoms with Gasteiger partial charge in [-0.15, -0.1) is 0 Å². The van der Waals surface area contributed by atoms with E-state index in [0.29, 0.717) is 16.9 Å². The molecule has 0 spiro atoms. The molecule has 178 valence electrons. The zero-order valence-electron chi connectivity index (χ0n) is 19.7. The first-order valence-electron chi connectivity index (χ1n) is 12.1. The van der Waals surface area contributed by atoms with E-state index in [9.17, 15) is 4.79 Å². The lowest BCUT2D eigenvalue weighted by atomic mass is 9.99. The highest BCUT2D eigenvalue weighted by molar-refractivity contribution is 6.13. The van der Waals surface area contributed by atoms with Crippen molar-refractivity contribution in [3.05, 3.63) is 97.1 Å². The van der Waals surface area contributed by atoms with E-state index >= 15 is 0 Å². The molecular formula is C29H25N5O2. The van der Waals surface area contributed by atoms with Crippen LogP contribution in [0.2, 0.25) is 0 Å². The van der Waals surface area contributed by atoms with E-state index < -0.39 is 0 Å². The van der Waals surface area contributed by atoms with Crippen molar-refractivity contribution in [1.82, 2.24) is 19.7 Å². The second-order valence-corrected chi connectivity index (χ2v) is 8.88. The van der Waals surface area contributed by atoms with Gasteiger partial charge < -0.3 is 10.1 Å². The zero-order valence-corrected chi connectivity index (χ0v) is 19.7. The molecule has 1 atom stereocenters. The van der Waals surface area contributed by atoms with Crippen LogP contribution in [-0.4, -0.2) is 32.3 Å². The number of amides is 1. The Labute approximate surface area is 208 Å². The fraction of sp³-hybridized carbons (Fsp3) is 0.172. The molecule has 5 aromatic rings. The SMILES string of the molecule is O=C(Nc1cccnc1)c1cc(-c2cnn(C3CCCCO3)c2)nc2ccc(-c3ccccc3)cc12. The van der Waals surface area contributed by atoms with Gasteiger partial charge in [0.25, 0.3) is 5.91 Å². The number of nitrogens with zero attached hydrogens (tertiary/aromatic N) is 4. The van der Waals surface area contributed by atoms with Crippen LogP contribution in [0, 0.1) is 0 Å². The average molecular weight is 476 g/mol. The molecule has 0 bridgehead atoms. The molecule has 0 saturated carbocycles. The number of aromatic nitrogens is 4. The maximum absolute atomic E-state index is 13.5. The molecule has 1 aliphatic rings. The molecule has 1 aliphatic heterocycles. The van der Waals surface area contributed by atoms with Crippen molar-refractivity contribution in [2.24, 2.45) is 0 Å². The minimum absolute atomic E-state index is 0.0604. The molecule has 36 heavy (non-hydrogen) atoms. The summed E-state index contributed by atoms with van der Waals surface area (Å²) >= 11 is 0. The Hall–Kier alpha value is -4.36. The van der Waals surface area contributed by atoms with E-state index in [-0.39, 0.29) is 12.1 Å². The van der Waals surface area contributed by atoms with E-state index in [1.807, 2.05) is 59.4 Å². The number of carbonyl (C=O) groups is 1. The zero-order chi connectivity index (χ0) is 24.3. The molecule has 3 aromatic heterocycles. The van der Waals surface area contributed by atoms with Gasteiger partial charge in [0.05, 0.1) is 34.9 Å². The van der Waals surface area contributed by atoms with Crippen molar-refractivity contribution in [2.75, 3.05) is 11.9 Å². The molecule has 0 radical (unpaired) electrons. The first kappa shape index (κ1) is 22.1.